The summed E-state index contributed by atoms with van der Waals surface area (Å²) in [5, 5.41) is 0. The van der Waals surface area contributed by atoms with E-state index in [9.17, 15) is 0 Å². The fourth-order valence-electron chi connectivity index (χ4n) is 2.69. The summed E-state index contributed by atoms with van der Waals surface area (Å²) in [5.41, 5.74) is 0. The average molecular weight is 226 g/mol. The van der Waals surface area contributed by atoms with Crippen molar-refractivity contribution in [2.45, 2.75) is 52.5 Å². The maximum atomic E-state index is 2.64. The lowest BCUT2D eigenvalue weighted by molar-refractivity contribution is 0.118. The highest BCUT2D eigenvalue weighted by atomic mass is 15.2. The molecule has 0 aromatic heterocycles. The summed E-state index contributed by atoms with van der Waals surface area (Å²) in [5.74, 6) is 0.795. The van der Waals surface area contributed by atoms with Crippen molar-refractivity contribution in [1.82, 2.24) is 9.80 Å². The van der Waals surface area contributed by atoms with Crippen LogP contribution in [-0.2, 0) is 0 Å². The molecule has 0 radical (unpaired) electrons. The molecule has 0 aliphatic carbocycles. The van der Waals surface area contributed by atoms with Crippen LogP contribution >= 0.6 is 0 Å². The predicted octanol–water partition coefficient (Wildman–Crippen LogP) is 2.84. The highest BCUT2D eigenvalue weighted by molar-refractivity contribution is 4.78. The maximum Gasteiger partial charge on any atom is 0.0117 e. The van der Waals surface area contributed by atoms with Crippen LogP contribution in [0.25, 0.3) is 0 Å². The van der Waals surface area contributed by atoms with Gasteiger partial charge in [-0.05, 0) is 51.9 Å². The molecule has 2 nitrogen and oxygen atoms in total. The van der Waals surface area contributed by atoms with Crippen LogP contribution in [0.4, 0.5) is 0 Å². The van der Waals surface area contributed by atoms with Gasteiger partial charge in [0.15, 0.2) is 0 Å². The second-order valence-corrected chi connectivity index (χ2v) is 5.76. The van der Waals surface area contributed by atoms with Crippen molar-refractivity contribution in [2.75, 3.05) is 33.2 Å². The molecule has 1 saturated heterocycles. The molecule has 16 heavy (non-hydrogen) atoms. The third-order valence-corrected chi connectivity index (χ3v) is 3.66. The second kappa shape index (κ2) is 7.29. The van der Waals surface area contributed by atoms with E-state index in [1.807, 2.05) is 0 Å². The first-order valence-electron chi connectivity index (χ1n) is 7.06. The number of hydrogen-bond donors (Lipinski definition) is 0. The van der Waals surface area contributed by atoms with Gasteiger partial charge in [0, 0.05) is 12.6 Å². The SMILES string of the molecule is CCCCN1CCC(N(C)CC(C)C)CC1. The minimum absolute atomic E-state index is 0.795. The molecule has 1 fully saturated rings. The van der Waals surface area contributed by atoms with E-state index < -0.39 is 0 Å². The van der Waals surface area contributed by atoms with Crippen LogP contribution in [-0.4, -0.2) is 49.1 Å². The fraction of sp³-hybridized carbons (Fsp3) is 1.00. The molecule has 0 unspecified atom stereocenters. The van der Waals surface area contributed by atoms with Gasteiger partial charge in [-0.2, -0.15) is 0 Å². The molecule has 0 aromatic carbocycles. The van der Waals surface area contributed by atoms with Crippen molar-refractivity contribution in [2.24, 2.45) is 5.92 Å². The molecule has 1 aliphatic heterocycles. The molecule has 1 heterocycles. The summed E-state index contributed by atoms with van der Waals surface area (Å²) in [7, 11) is 2.30. The standard InChI is InChI=1S/C14H30N2/c1-5-6-9-16-10-7-14(8-11-16)15(4)12-13(2)3/h13-14H,5-12H2,1-4H3. The van der Waals surface area contributed by atoms with Crippen LogP contribution in [0.3, 0.4) is 0 Å². The Morgan fingerprint density at radius 1 is 1.25 bits per heavy atom. The van der Waals surface area contributed by atoms with Crippen LogP contribution in [0.15, 0.2) is 0 Å². The van der Waals surface area contributed by atoms with E-state index in [1.165, 1.54) is 51.9 Å². The molecular formula is C14H30N2. The van der Waals surface area contributed by atoms with Crippen molar-refractivity contribution in [3.05, 3.63) is 0 Å². The molecular weight excluding hydrogens is 196 g/mol. The van der Waals surface area contributed by atoms with E-state index in [4.69, 9.17) is 0 Å². The van der Waals surface area contributed by atoms with Gasteiger partial charge in [0.25, 0.3) is 0 Å². The summed E-state index contributed by atoms with van der Waals surface area (Å²) < 4.78 is 0. The van der Waals surface area contributed by atoms with E-state index in [0.29, 0.717) is 0 Å². The Hall–Kier alpha value is -0.0800. The zero-order valence-electron chi connectivity index (χ0n) is 11.7. The topological polar surface area (TPSA) is 6.48 Å². The van der Waals surface area contributed by atoms with E-state index >= 15 is 0 Å². The van der Waals surface area contributed by atoms with Crippen molar-refractivity contribution in [1.29, 1.82) is 0 Å². The quantitative estimate of drug-likeness (QED) is 0.687. The van der Waals surface area contributed by atoms with Gasteiger partial charge in [0.1, 0.15) is 0 Å². The lowest BCUT2D eigenvalue weighted by Crippen LogP contribution is -2.44. The molecule has 1 rings (SSSR count). The summed E-state index contributed by atoms with van der Waals surface area (Å²) in [4.78, 5) is 5.21. The normalized spacial score (nSPS) is 19.9. The largest absolute Gasteiger partial charge is 0.303 e. The van der Waals surface area contributed by atoms with E-state index in [-0.39, 0.29) is 0 Å². The van der Waals surface area contributed by atoms with Crippen molar-refractivity contribution in [3.63, 3.8) is 0 Å². The Morgan fingerprint density at radius 3 is 2.38 bits per heavy atom. The monoisotopic (exact) mass is 226 g/mol. The minimum atomic E-state index is 0.795. The zero-order chi connectivity index (χ0) is 12.0. The fourth-order valence-corrected chi connectivity index (χ4v) is 2.69. The molecule has 0 saturated carbocycles. The summed E-state index contributed by atoms with van der Waals surface area (Å²) >= 11 is 0. The van der Waals surface area contributed by atoms with Gasteiger partial charge >= 0.3 is 0 Å². The van der Waals surface area contributed by atoms with Crippen LogP contribution in [0.5, 0.6) is 0 Å². The predicted molar refractivity (Wildman–Crippen MR) is 71.8 cm³/mol. The molecule has 0 N–H and O–H groups in total. The Balaban J connectivity index is 2.20. The summed E-state index contributed by atoms with van der Waals surface area (Å²) in [6, 6.07) is 0.834. The first kappa shape index (κ1) is 14.0. The van der Waals surface area contributed by atoms with Crippen LogP contribution in [0.2, 0.25) is 0 Å². The number of piperidine rings is 1. The first-order valence-corrected chi connectivity index (χ1v) is 7.06. The Morgan fingerprint density at radius 2 is 1.88 bits per heavy atom. The number of unbranched alkanes of at least 4 members (excludes halogenated alkanes) is 1. The first-order chi connectivity index (χ1) is 7.63. The van der Waals surface area contributed by atoms with Gasteiger partial charge < -0.3 is 9.80 Å². The smallest absolute Gasteiger partial charge is 0.0117 e. The lowest BCUT2D eigenvalue weighted by atomic mass is 10.0. The number of hydrogen-bond acceptors (Lipinski definition) is 2. The number of rotatable bonds is 6. The van der Waals surface area contributed by atoms with Crippen LogP contribution in [0.1, 0.15) is 46.5 Å². The highest BCUT2D eigenvalue weighted by Crippen LogP contribution is 2.16. The summed E-state index contributed by atoms with van der Waals surface area (Å²) in [6.07, 6.45) is 5.43. The van der Waals surface area contributed by atoms with Crippen molar-refractivity contribution < 1.29 is 0 Å². The van der Waals surface area contributed by atoms with E-state index in [1.54, 1.807) is 0 Å². The van der Waals surface area contributed by atoms with Gasteiger partial charge in [-0.15, -0.1) is 0 Å². The lowest BCUT2D eigenvalue weighted by Gasteiger charge is -2.37. The van der Waals surface area contributed by atoms with Gasteiger partial charge in [0.2, 0.25) is 0 Å². The Labute approximate surface area is 102 Å². The third-order valence-electron chi connectivity index (χ3n) is 3.66. The maximum absolute atomic E-state index is 2.64. The Bertz CT molecular complexity index is 172. The second-order valence-electron chi connectivity index (χ2n) is 5.76. The van der Waals surface area contributed by atoms with Gasteiger partial charge in [-0.25, -0.2) is 0 Å². The Kier molecular flexibility index (Phi) is 6.37. The van der Waals surface area contributed by atoms with E-state index in [0.717, 1.165) is 12.0 Å². The minimum Gasteiger partial charge on any atom is -0.303 e. The van der Waals surface area contributed by atoms with Crippen molar-refractivity contribution in [3.8, 4) is 0 Å². The number of nitrogens with zero attached hydrogens (tertiary/aromatic N) is 2. The van der Waals surface area contributed by atoms with Crippen LogP contribution < -0.4 is 0 Å². The average Bonchev–Trinajstić information content (AvgIpc) is 2.26. The van der Waals surface area contributed by atoms with Crippen molar-refractivity contribution >= 4 is 0 Å². The van der Waals surface area contributed by atoms with Crippen LogP contribution in [0, 0.1) is 5.92 Å². The van der Waals surface area contributed by atoms with Gasteiger partial charge in [-0.3, -0.25) is 0 Å². The zero-order valence-corrected chi connectivity index (χ0v) is 11.7. The third kappa shape index (κ3) is 4.84. The van der Waals surface area contributed by atoms with Gasteiger partial charge in [0.05, 0.1) is 0 Å². The molecule has 96 valence electrons. The molecule has 0 bridgehead atoms. The number of likely N-dealkylation sites (tertiary alicyclic amines) is 1. The molecule has 0 amide bonds. The molecule has 2 heteroatoms. The highest BCUT2D eigenvalue weighted by Gasteiger charge is 2.22. The molecule has 0 atom stereocenters. The summed E-state index contributed by atoms with van der Waals surface area (Å²) in [6.45, 7) is 12.1. The molecule has 1 aliphatic rings. The molecule has 0 aromatic rings. The molecule has 0 spiro atoms. The van der Waals surface area contributed by atoms with Gasteiger partial charge in [-0.1, -0.05) is 27.2 Å². The van der Waals surface area contributed by atoms with E-state index in [2.05, 4.69) is 37.6 Å².